The standard InChI is InChI=1S/C21H27N5O5S/c1-3-20(16-6-4-8-18(14-16)26(28)29)23-21(27)22-17-7-5-9-19(15-17)32(30,31)25-12-10-24(2)11-13-25/h4-9,14-15,20H,3,10-13H2,1-2H3,(H2,22,23,27)/t20-/m0/s1. The number of rotatable bonds is 7. The number of piperazine rings is 1. The number of carbonyl (C=O) groups is 1. The molecule has 3 rings (SSSR count). The van der Waals surface area contributed by atoms with Crippen molar-refractivity contribution >= 4 is 27.4 Å². The van der Waals surface area contributed by atoms with Crippen LogP contribution in [-0.2, 0) is 10.0 Å². The van der Waals surface area contributed by atoms with Crippen LogP contribution in [0.25, 0.3) is 0 Å². The van der Waals surface area contributed by atoms with Crippen molar-refractivity contribution in [1.82, 2.24) is 14.5 Å². The smallest absolute Gasteiger partial charge is 0.319 e. The fourth-order valence-corrected chi connectivity index (χ4v) is 4.98. The molecule has 1 saturated heterocycles. The Kier molecular flexibility index (Phi) is 7.44. The minimum atomic E-state index is -3.66. The number of urea groups is 1. The third-order valence-corrected chi connectivity index (χ3v) is 7.28. The van der Waals surface area contributed by atoms with Gasteiger partial charge >= 0.3 is 6.03 Å². The van der Waals surface area contributed by atoms with E-state index in [1.165, 1.54) is 28.6 Å². The van der Waals surface area contributed by atoms with Crippen LogP contribution in [0.1, 0.15) is 24.9 Å². The molecule has 0 aliphatic carbocycles. The van der Waals surface area contributed by atoms with Gasteiger partial charge in [-0.15, -0.1) is 0 Å². The van der Waals surface area contributed by atoms with Crippen LogP contribution in [0.2, 0.25) is 0 Å². The Hall–Kier alpha value is -3.02. The minimum absolute atomic E-state index is 0.0510. The lowest BCUT2D eigenvalue weighted by Crippen LogP contribution is -2.47. The van der Waals surface area contributed by atoms with Gasteiger partial charge in [0.05, 0.1) is 15.9 Å². The molecule has 172 valence electrons. The largest absolute Gasteiger partial charge is 0.331 e. The zero-order chi connectivity index (χ0) is 23.3. The number of likely N-dealkylation sites (N-methyl/N-ethyl adjacent to an activating group) is 1. The Morgan fingerprint density at radius 1 is 1.12 bits per heavy atom. The molecule has 1 heterocycles. The molecule has 0 unspecified atom stereocenters. The maximum atomic E-state index is 13.0. The maximum Gasteiger partial charge on any atom is 0.319 e. The van der Waals surface area contributed by atoms with Crippen molar-refractivity contribution in [1.29, 1.82) is 0 Å². The average Bonchev–Trinajstić information content (AvgIpc) is 2.78. The Bertz CT molecular complexity index is 1080. The molecule has 1 aliphatic heterocycles. The minimum Gasteiger partial charge on any atom is -0.331 e. The van der Waals surface area contributed by atoms with E-state index in [2.05, 4.69) is 15.5 Å². The fourth-order valence-electron chi connectivity index (χ4n) is 3.51. The summed E-state index contributed by atoms with van der Waals surface area (Å²) in [7, 11) is -1.71. The van der Waals surface area contributed by atoms with Gasteiger partial charge in [0, 0.05) is 44.0 Å². The van der Waals surface area contributed by atoms with Crippen molar-refractivity contribution < 1.29 is 18.1 Å². The first-order valence-corrected chi connectivity index (χ1v) is 11.8. The van der Waals surface area contributed by atoms with Crippen LogP contribution in [0.4, 0.5) is 16.2 Å². The Labute approximate surface area is 187 Å². The van der Waals surface area contributed by atoms with Crippen molar-refractivity contribution in [3.05, 3.63) is 64.2 Å². The third kappa shape index (κ3) is 5.61. The molecule has 0 radical (unpaired) electrons. The van der Waals surface area contributed by atoms with E-state index < -0.39 is 27.0 Å². The van der Waals surface area contributed by atoms with Gasteiger partial charge in [-0.05, 0) is 37.2 Å². The number of anilines is 1. The SMILES string of the molecule is CC[C@H](NC(=O)Nc1cccc(S(=O)(=O)N2CCN(C)CC2)c1)c1cccc([N+](=O)[O-])c1. The number of nitro groups is 1. The van der Waals surface area contributed by atoms with Crippen LogP contribution in [-0.4, -0.2) is 61.8 Å². The van der Waals surface area contributed by atoms with Crippen molar-refractivity contribution in [2.24, 2.45) is 0 Å². The Balaban J connectivity index is 1.70. The van der Waals surface area contributed by atoms with Crippen LogP contribution in [0.5, 0.6) is 0 Å². The highest BCUT2D eigenvalue weighted by Gasteiger charge is 2.27. The number of amides is 2. The van der Waals surface area contributed by atoms with Gasteiger partial charge in [0.1, 0.15) is 0 Å². The highest BCUT2D eigenvalue weighted by atomic mass is 32.2. The number of non-ortho nitro benzene ring substituents is 1. The zero-order valence-corrected chi connectivity index (χ0v) is 18.8. The molecular weight excluding hydrogens is 434 g/mol. The van der Waals surface area contributed by atoms with Crippen LogP contribution in [0.3, 0.4) is 0 Å². The summed E-state index contributed by atoms with van der Waals surface area (Å²) in [6.07, 6.45) is 0.520. The first kappa shape index (κ1) is 23.6. The highest BCUT2D eigenvalue weighted by molar-refractivity contribution is 7.89. The maximum absolute atomic E-state index is 13.0. The number of nitrogens with zero attached hydrogens (tertiary/aromatic N) is 3. The summed E-state index contributed by atoms with van der Waals surface area (Å²) in [4.78, 5) is 25.3. The van der Waals surface area contributed by atoms with Gasteiger partial charge in [-0.3, -0.25) is 10.1 Å². The first-order chi connectivity index (χ1) is 15.2. The first-order valence-electron chi connectivity index (χ1n) is 10.3. The van der Waals surface area contributed by atoms with Gasteiger partial charge < -0.3 is 15.5 Å². The van der Waals surface area contributed by atoms with E-state index >= 15 is 0 Å². The quantitative estimate of drug-likeness (QED) is 0.483. The molecule has 10 nitrogen and oxygen atoms in total. The van der Waals surface area contributed by atoms with Crippen molar-refractivity contribution in [3.63, 3.8) is 0 Å². The van der Waals surface area contributed by atoms with Crippen LogP contribution >= 0.6 is 0 Å². The molecule has 2 aromatic rings. The Morgan fingerprint density at radius 3 is 2.47 bits per heavy atom. The van der Waals surface area contributed by atoms with E-state index in [1.807, 2.05) is 14.0 Å². The number of nitrogens with one attached hydrogen (secondary N) is 2. The van der Waals surface area contributed by atoms with Gasteiger partial charge in [0.25, 0.3) is 5.69 Å². The second kappa shape index (κ2) is 10.1. The number of nitro benzene ring substituents is 1. The number of benzene rings is 2. The van der Waals surface area contributed by atoms with Gasteiger partial charge in [-0.1, -0.05) is 25.1 Å². The lowest BCUT2D eigenvalue weighted by Gasteiger charge is -2.31. The van der Waals surface area contributed by atoms with E-state index in [-0.39, 0.29) is 10.6 Å². The van der Waals surface area contributed by atoms with Gasteiger partial charge in [-0.25, -0.2) is 13.2 Å². The van der Waals surface area contributed by atoms with E-state index in [1.54, 1.807) is 24.3 Å². The van der Waals surface area contributed by atoms with E-state index in [0.717, 1.165) is 0 Å². The summed E-state index contributed by atoms with van der Waals surface area (Å²) < 4.78 is 27.3. The predicted octanol–water partition coefficient (Wildman–Crippen LogP) is 2.80. The van der Waals surface area contributed by atoms with Crippen LogP contribution in [0.15, 0.2) is 53.4 Å². The molecule has 0 saturated carbocycles. The number of sulfonamides is 1. The highest BCUT2D eigenvalue weighted by Crippen LogP contribution is 2.23. The molecular formula is C21H27N5O5S. The van der Waals surface area contributed by atoms with Gasteiger partial charge in [-0.2, -0.15) is 4.31 Å². The summed E-state index contributed by atoms with van der Waals surface area (Å²) in [6, 6.07) is 11.3. The molecule has 1 aliphatic rings. The molecule has 1 fully saturated rings. The second-order valence-electron chi connectivity index (χ2n) is 7.65. The van der Waals surface area contributed by atoms with E-state index in [9.17, 15) is 23.3 Å². The lowest BCUT2D eigenvalue weighted by atomic mass is 10.0. The molecule has 2 amide bonds. The summed E-state index contributed by atoms with van der Waals surface area (Å²) in [5, 5.41) is 16.5. The summed E-state index contributed by atoms with van der Waals surface area (Å²) in [5.74, 6) is 0. The lowest BCUT2D eigenvalue weighted by molar-refractivity contribution is -0.384. The van der Waals surface area contributed by atoms with Crippen molar-refractivity contribution in [2.75, 3.05) is 38.5 Å². The predicted molar refractivity (Wildman–Crippen MR) is 121 cm³/mol. The molecule has 11 heteroatoms. The molecule has 0 spiro atoms. The van der Waals surface area contributed by atoms with Crippen LogP contribution < -0.4 is 10.6 Å². The molecule has 32 heavy (non-hydrogen) atoms. The molecule has 0 aromatic heterocycles. The second-order valence-corrected chi connectivity index (χ2v) is 9.58. The fraction of sp³-hybridized carbons (Fsp3) is 0.381. The Morgan fingerprint density at radius 2 is 1.81 bits per heavy atom. The zero-order valence-electron chi connectivity index (χ0n) is 18.0. The summed E-state index contributed by atoms with van der Waals surface area (Å²) in [5.41, 5.74) is 0.903. The molecule has 2 aromatic carbocycles. The topological polar surface area (TPSA) is 125 Å². The third-order valence-electron chi connectivity index (χ3n) is 5.39. The van der Waals surface area contributed by atoms with Gasteiger partial charge in [0.15, 0.2) is 0 Å². The number of hydrogen-bond acceptors (Lipinski definition) is 6. The average molecular weight is 462 g/mol. The number of hydrogen-bond donors (Lipinski definition) is 2. The van der Waals surface area contributed by atoms with Crippen molar-refractivity contribution in [3.8, 4) is 0 Å². The number of carbonyl (C=O) groups excluding carboxylic acids is 1. The van der Waals surface area contributed by atoms with E-state index in [4.69, 9.17) is 0 Å². The van der Waals surface area contributed by atoms with Crippen LogP contribution in [0, 0.1) is 10.1 Å². The van der Waals surface area contributed by atoms with E-state index in [0.29, 0.717) is 43.9 Å². The monoisotopic (exact) mass is 461 g/mol. The summed E-state index contributed by atoms with van der Waals surface area (Å²) in [6.45, 7) is 4.01. The van der Waals surface area contributed by atoms with Gasteiger partial charge in [0.2, 0.25) is 10.0 Å². The normalized spacial score (nSPS) is 16.3. The molecule has 0 bridgehead atoms. The summed E-state index contributed by atoms with van der Waals surface area (Å²) >= 11 is 0. The molecule has 2 N–H and O–H groups in total. The molecule has 1 atom stereocenters. The van der Waals surface area contributed by atoms with Crippen molar-refractivity contribution in [2.45, 2.75) is 24.3 Å².